The minimum atomic E-state index is -3.49. The molecule has 3 aromatic carbocycles. The Morgan fingerprint density at radius 1 is 0.938 bits per heavy atom. The van der Waals surface area contributed by atoms with Crippen molar-refractivity contribution in [2.45, 2.75) is 13.5 Å². The molecule has 0 radical (unpaired) electrons. The number of methoxy groups -OCH3 is 1. The molecule has 1 amide bonds. The maximum atomic E-state index is 12.7. The van der Waals surface area contributed by atoms with E-state index in [4.69, 9.17) is 4.74 Å². The summed E-state index contributed by atoms with van der Waals surface area (Å²) in [6, 6.07) is 20.5. The fourth-order valence-corrected chi connectivity index (χ4v) is 4.01. The number of carbonyl (C=O) groups is 2. The molecule has 0 aliphatic rings. The number of hydrogen-bond donors (Lipinski definition) is 1. The molecule has 32 heavy (non-hydrogen) atoms. The first-order valence-electron chi connectivity index (χ1n) is 9.81. The van der Waals surface area contributed by atoms with Crippen LogP contribution in [-0.2, 0) is 21.3 Å². The third kappa shape index (κ3) is 5.53. The fourth-order valence-electron chi connectivity index (χ4n) is 3.12. The second-order valence-electron chi connectivity index (χ2n) is 7.28. The van der Waals surface area contributed by atoms with Crippen LogP contribution >= 0.6 is 0 Å². The Morgan fingerprint density at radius 3 is 2.16 bits per heavy atom. The molecule has 0 aliphatic carbocycles. The van der Waals surface area contributed by atoms with Crippen LogP contribution in [0.3, 0.4) is 0 Å². The zero-order valence-electron chi connectivity index (χ0n) is 18.0. The summed E-state index contributed by atoms with van der Waals surface area (Å²) in [6.45, 7) is 1.97. The molecular weight excluding hydrogens is 428 g/mol. The minimum absolute atomic E-state index is 0.144. The smallest absolute Gasteiger partial charge is 0.337 e. The van der Waals surface area contributed by atoms with Crippen molar-refractivity contribution in [3.8, 4) is 0 Å². The van der Waals surface area contributed by atoms with E-state index in [0.717, 1.165) is 17.4 Å². The van der Waals surface area contributed by atoms with Crippen LogP contribution in [0, 0.1) is 6.92 Å². The molecule has 0 unspecified atom stereocenters. The Balaban J connectivity index is 1.77. The van der Waals surface area contributed by atoms with Gasteiger partial charge in [-0.3, -0.25) is 9.10 Å². The molecule has 0 heterocycles. The summed E-state index contributed by atoms with van der Waals surface area (Å²) in [5, 5.41) is 2.80. The van der Waals surface area contributed by atoms with Crippen molar-refractivity contribution in [1.29, 1.82) is 0 Å². The fraction of sp³-hybridized carbons (Fsp3) is 0.167. The first-order valence-corrected chi connectivity index (χ1v) is 11.7. The van der Waals surface area contributed by atoms with Crippen LogP contribution in [-0.4, -0.2) is 33.7 Å². The molecule has 3 aromatic rings. The number of hydrogen-bond acceptors (Lipinski definition) is 5. The summed E-state index contributed by atoms with van der Waals surface area (Å²) in [4.78, 5) is 24.4. The van der Waals surface area contributed by atoms with Crippen molar-refractivity contribution in [2.24, 2.45) is 0 Å². The minimum Gasteiger partial charge on any atom is -0.465 e. The van der Waals surface area contributed by atoms with Gasteiger partial charge in [-0.2, -0.15) is 0 Å². The molecule has 0 atom stereocenters. The largest absolute Gasteiger partial charge is 0.465 e. The number of ether oxygens (including phenoxy) is 1. The monoisotopic (exact) mass is 452 g/mol. The first-order chi connectivity index (χ1) is 15.2. The number of para-hydroxylation sites is 1. The van der Waals surface area contributed by atoms with Gasteiger partial charge in [-0.1, -0.05) is 36.4 Å². The van der Waals surface area contributed by atoms with E-state index >= 15 is 0 Å². The molecule has 3 rings (SSSR count). The summed E-state index contributed by atoms with van der Waals surface area (Å²) in [5.74, 6) is -0.830. The highest BCUT2D eigenvalue weighted by atomic mass is 32.2. The van der Waals surface area contributed by atoms with Crippen LogP contribution in [0.5, 0.6) is 0 Å². The predicted octanol–water partition coefficient (Wildman–Crippen LogP) is 4.00. The highest BCUT2D eigenvalue weighted by molar-refractivity contribution is 7.92. The number of nitrogens with zero attached hydrogens (tertiary/aromatic N) is 1. The molecule has 0 saturated heterocycles. The summed E-state index contributed by atoms with van der Waals surface area (Å²) >= 11 is 0. The average molecular weight is 453 g/mol. The van der Waals surface area contributed by atoms with E-state index in [0.29, 0.717) is 22.5 Å². The topological polar surface area (TPSA) is 92.8 Å². The summed E-state index contributed by atoms with van der Waals surface area (Å²) in [7, 11) is -2.19. The Kier molecular flexibility index (Phi) is 6.95. The molecule has 0 aliphatic heterocycles. The third-order valence-corrected chi connectivity index (χ3v) is 6.03. The summed E-state index contributed by atoms with van der Waals surface area (Å²) in [5.41, 5.74) is 3.36. The van der Waals surface area contributed by atoms with Crippen LogP contribution in [0.15, 0.2) is 72.8 Å². The number of aryl methyl sites for hydroxylation is 1. The molecular formula is C24H24N2O5S. The number of amides is 1. The van der Waals surface area contributed by atoms with E-state index < -0.39 is 16.0 Å². The van der Waals surface area contributed by atoms with Crippen LogP contribution in [0.2, 0.25) is 0 Å². The van der Waals surface area contributed by atoms with Gasteiger partial charge in [-0.05, 0) is 54.4 Å². The normalized spacial score (nSPS) is 11.0. The number of carbonyl (C=O) groups excluding carboxylic acids is 2. The number of benzene rings is 3. The molecule has 8 heteroatoms. The molecule has 0 saturated carbocycles. The Hall–Kier alpha value is -3.65. The van der Waals surface area contributed by atoms with Crippen LogP contribution < -0.4 is 9.62 Å². The Bertz CT molecular complexity index is 1220. The summed E-state index contributed by atoms with van der Waals surface area (Å²) < 4.78 is 30.6. The Labute approximate surface area is 187 Å². The van der Waals surface area contributed by atoms with Gasteiger partial charge < -0.3 is 10.1 Å². The quantitative estimate of drug-likeness (QED) is 0.547. The zero-order chi connectivity index (χ0) is 23.3. The molecule has 7 nitrogen and oxygen atoms in total. The van der Waals surface area contributed by atoms with Gasteiger partial charge in [0.05, 0.1) is 31.2 Å². The van der Waals surface area contributed by atoms with Crippen molar-refractivity contribution in [3.63, 3.8) is 0 Å². The number of anilines is 2. The van der Waals surface area contributed by atoms with Gasteiger partial charge in [-0.15, -0.1) is 0 Å². The van der Waals surface area contributed by atoms with Gasteiger partial charge >= 0.3 is 5.97 Å². The van der Waals surface area contributed by atoms with Gasteiger partial charge in [0.2, 0.25) is 10.0 Å². The van der Waals surface area contributed by atoms with Crippen LogP contribution in [0.25, 0.3) is 0 Å². The number of esters is 1. The molecule has 0 spiro atoms. The zero-order valence-corrected chi connectivity index (χ0v) is 18.8. The van der Waals surface area contributed by atoms with Crippen molar-refractivity contribution in [2.75, 3.05) is 23.0 Å². The van der Waals surface area contributed by atoms with Crippen molar-refractivity contribution >= 4 is 33.3 Å². The second kappa shape index (κ2) is 9.65. The lowest BCUT2D eigenvalue weighted by Gasteiger charge is -2.22. The summed E-state index contributed by atoms with van der Waals surface area (Å²) in [6.07, 6.45) is 1.16. The van der Waals surface area contributed by atoms with E-state index in [1.54, 1.807) is 66.7 Å². The molecule has 1 N–H and O–H groups in total. The predicted molar refractivity (Wildman–Crippen MR) is 124 cm³/mol. The highest BCUT2D eigenvalue weighted by Crippen LogP contribution is 2.21. The lowest BCUT2D eigenvalue weighted by atomic mass is 10.1. The molecule has 166 valence electrons. The maximum Gasteiger partial charge on any atom is 0.337 e. The number of sulfonamides is 1. The van der Waals surface area contributed by atoms with Crippen molar-refractivity contribution < 1.29 is 22.7 Å². The second-order valence-corrected chi connectivity index (χ2v) is 9.18. The third-order valence-electron chi connectivity index (χ3n) is 4.89. The molecule has 0 aromatic heterocycles. The van der Waals surface area contributed by atoms with Gasteiger partial charge in [0.1, 0.15) is 0 Å². The van der Waals surface area contributed by atoms with Gasteiger partial charge in [0, 0.05) is 11.3 Å². The van der Waals surface area contributed by atoms with Gasteiger partial charge in [-0.25, -0.2) is 13.2 Å². The average Bonchev–Trinajstić information content (AvgIpc) is 2.78. The number of rotatable bonds is 7. The van der Waals surface area contributed by atoms with E-state index in [9.17, 15) is 18.0 Å². The van der Waals surface area contributed by atoms with E-state index in [1.165, 1.54) is 11.4 Å². The number of nitrogens with one attached hydrogen (secondary N) is 1. The maximum absolute atomic E-state index is 12.7. The van der Waals surface area contributed by atoms with Crippen LogP contribution in [0.4, 0.5) is 11.4 Å². The van der Waals surface area contributed by atoms with E-state index in [2.05, 4.69) is 5.32 Å². The van der Waals surface area contributed by atoms with E-state index in [1.807, 2.05) is 13.0 Å². The first kappa shape index (κ1) is 23.0. The van der Waals surface area contributed by atoms with Crippen molar-refractivity contribution in [1.82, 2.24) is 0 Å². The van der Waals surface area contributed by atoms with Gasteiger partial charge in [0.25, 0.3) is 5.91 Å². The lowest BCUT2D eigenvalue weighted by molar-refractivity contribution is 0.0600. The lowest BCUT2D eigenvalue weighted by Crippen LogP contribution is -2.29. The SMILES string of the molecule is COC(=O)c1ccc(C)c(NC(=O)c2ccc(CN(c3ccccc3)S(C)(=O)=O)cc2)c1. The molecule has 0 bridgehead atoms. The van der Waals surface area contributed by atoms with E-state index in [-0.39, 0.29) is 12.5 Å². The highest BCUT2D eigenvalue weighted by Gasteiger charge is 2.18. The van der Waals surface area contributed by atoms with Crippen molar-refractivity contribution in [3.05, 3.63) is 95.1 Å². The Morgan fingerprint density at radius 2 is 1.56 bits per heavy atom. The van der Waals surface area contributed by atoms with Crippen LogP contribution in [0.1, 0.15) is 31.8 Å². The molecule has 0 fully saturated rings. The standard InChI is InChI=1S/C24H24N2O5S/c1-17-9-12-20(24(28)31-2)15-22(17)25-23(27)19-13-10-18(11-14-19)16-26(32(3,29)30)21-7-5-4-6-8-21/h4-15H,16H2,1-3H3,(H,25,27). The van der Waals surface area contributed by atoms with Gasteiger partial charge in [0.15, 0.2) is 0 Å².